The van der Waals surface area contributed by atoms with Crippen molar-refractivity contribution in [2.24, 2.45) is 11.3 Å². The van der Waals surface area contributed by atoms with E-state index in [1.165, 1.54) is 36.0 Å². The summed E-state index contributed by atoms with van der Waals surface area (Å²) in [5, 5.41) is 9.69. The van der Waals surface area contributed by atoms with Gasteiger partial charge in [-0.2, -0.15) is 5.26 Å². The van der Waals surface area contributed by atoms with Crippen LogP contribution in [0.15, 0.2) is 18.2 Å². The van der Waals surface area contributed by atoms with Crippen molar-refractivity contribution in [3.05, 3.63) is 34.9 Å². The minimum absolute atomic E-state index is 0.109. The van der Waals surface area contributed by atoms with Gasteiger partial charge < -0.3 is 0 Å². The van der Waals surface area contributed by atoms with Crippen molar-refractivity contribution < 1.29 is 0 Å². The van der Waals surface area contributed by atoms with Gasteiger partial charge in [-0.05, 0) is 68.6 Å². The van der Waals surface area contributed by atoms with Gasteiger partial charge in [-0.3, -0.25) is 0 Å². The van der Waals surface area contributed by atoms with E-state index in [0.29, 0.717) is 0 Å². The molecule has 1 heteroatoms. The minimum atomic E-state index is -0.109. The number of aryl methyl sites for hydroxylation is 2. The lowest BCUT2D eigenvalue weighted by atomic mass is 9.67. The second-order valence-corrected chi connectivity index (χ2v) is 6.29. The average molecular weight is 255 g/mol. The molecule has 0 aromatic heterocycles. The molecule has 0 amide bonds. The molecule has 2 rings (SSSR count). The molecule has 102 valence electrons. The van der Waals surface area contributed by atoms with E-state index in [-0.39, 0.29) is 5.41 Å². The molecule has 0 saturated heterocycles. The van der Waals surface area contributed by atoms with Crippen molar-refractivity contribution >= 4 is 0 Å². The lowest BCUT2D eigenvalue weighted by molar-refractivity contribution is 0.205. The third kappa shape index (κ3) is 3.00. The zero-order valence-electron chi connectivity index (χ0n) is 12.5. The third-order valence-corrected chi connectivity index (χ3v) is 5.04. The number of rotatable bonds is 3. The van der Waals surface area contributed by atoms with Crippen molar-refractivity contribution in [1.82, 2.24) is 0 Å². The van der Waals surface area contributed by atoms with Gasteiger partial charge >= 0.3 is 0 Å². The Kier molecular flexibility index (Phi) is 4.30. The SMILES string of the molecule is CCC1CCC(C#N)(Cc2c(C)cccc2C)CC1. The molecule has 0 aliphatic heterocycles. The Labute approximate surface area is 117 Å². The quantitative estimate of drug-likeness (QED) is 0.749. The first-order valence-electron chi connectivity index (χ1n) is 7.56. The van der Waals surface area contributed by atoms with Crippen LogP contribution in [0.25, 0.3) is 0 Å². The fourth-order valence-electron chi connectivity index (χ4n) is 3.43. The summed E-state index contributed by atoms with van der Waals surface area (Å²) in [5.74, 6) is 0.847. The molecule has 1 aromatic rings. The summed E-state index contributed by atoms with van der Waals surface area (Å²) >= 11 is 0. The van der Waals surface area contributed by atoms with Crippen LogP contribution in [0.1, 0.15) is 55.7 Å². The number of hydrogen-bond acceptors (Lipinski definition) is 1. The Hall–Kier alpha value is -1.29. The van der Waals surface area contributed by atoms with Gasteiger partial charge in [-0.15, -0.1) is 0 Å². The fourth-order valence-corrected chi connectivity index (χ4v) is 3.43. The molecule has 0 radical (unpaired) electrons. The summed E-state index contributed by atoms with van der Waals surface area (Å²) in [6.45, 7) is 6.62. The van der Waals surface area contributed by atoms with E-state index in [0.717, 1.165) is 25.2 Å². The van der Waals surface area contributed by atoms with E-state index in [1.54, 1.807) is 0 Å². The molecule has 0 N–H and O–H groups in total. The topological polar surface area (TPSA) is 23.8 Å². The highest BCUT2D eigenvalue weighted by molar-refractivity contribution is 5.35. The second-order valence-electron chi connectivity index (χ2n) is 6.29. The zero-order valence-corrected chi connectivity index (χ0v) is 12.5. The molecule has 0 heterocycles. The summed E-state index contributed by atoms with van der Waals surface area (Å²) in [6.07, 6.45) is 6.83. The highest BCUT2D eigenvalue weighted by Gasteiger charge is 2.35. The lowest BCUT2D eigenvalue weighted by Crippen LogP contribution is -2.28. The summed E-state index contributed by atoms with van der Waals surface area (Å²) in [4.78, 5) is 0. The van der Waals surface area contributed by atoms with Crippen LogP contribution in [0, 0.1) is 36.5 Å². The van der Waals surface area contributed by atoms with Gasteiger partial charge in [0, 0.05) is 0 Å². The van der Waals surface area contributed by atoms with E-state index in [1.807, 2.05) is 0 Å². The van der Waals surface area contributed by atoms with Crippen LogP contribution in [0.2, 0.25) is 0 Å². The maximum atomic E-state index is 9.69. The summed E-state index contributed by atoms with van der Waals surface area (Å²) < 4.78 is 0. The van der Waals surface area contributed by atoms with E-state index >= 15 is 0 Å². The van der Waals surface area contributed by atoms with Gasteiger partial charge in [0.15, 0.2) is 0 Å². The average Bonchev–Trinajstić information content (AvgIpc) is 2.44. The van der Waals surface area contributed by atoms with Crippen LogP contribution in [-0.2, 0) is 6.42 Å². The molecule has 0 bridgehead atoms. The van der Waals surface area contributed by atoms with E-state index in [2.05, 4.69) is 45.0 Å². The number of benzene rings is 1. The van der Waals surface area contributed by atoms with Crippen LogP contribution in [0.5, 0.6) is 0 Å². The number of nitrogens with zero attached hydrogens (tertiary/aromatic N) is 1. The van der Waals surface area contributed by atoms with Gasteiger partial charge in [0.2, 0.25) is 0 Å². The van der Waals surface area contributed by atoms with Crippen molar-refractivity contribution in [2.75, 3.05) is 0 Å². The van der Waals surface area contributed by atoms with Crippen molar-refractivity contribution in [3.63, 3.8) is 0 Å². The van der Waals surface area contributed by atoms with Gasteiger partial charge in [0.25, 0.3) is 0 Å². The van der Waals surface area contributed by atoms with Crippen molar-refractivity contribution in [1.29, 1.82) is 5.26 Å². The summed E-state index contributed by atoms with van der Waals surface area (Å²) in [5.41, 5.74) is 3.97. The maximum absolute atomic E-state index is 9.69. The first-order chi connectivity index (χ1) is 9.10. The molecule has 19 heavy (non-hydrogen) atoms. The molecular weight excluding hydrogens is 230 g/mol. The first-order valence-corrected chi connectivity index (χ1v) is 7.56. The van der Waals surface area contributed by atoms with Crippen LogP contribution < -0.4 is 0 Å². The van der Waals surface area contributed by atoms with E-state index < -0.39 is 0 Å². The fraction of sp³-hybridized carbons (Fsp3) is 0.611. The number of nitriles is 1. The van der Waals surface area contributed by atoms with Crippen LogP contribution in [0.3, 0.4) is 0 Å². The Morgan fingerprint density at radius 2 is 1.79 bits per heavy atom. The largest absolute Gasteiger partial charge is 0.198 e. The molecule has 0 atom stereocenters. The molecule has 1 aliphatic carbocycles. The maximum Gasteiger partial charge on any atom is 0.0693 e. The normalized spacial score (nSPS) is 26.9. The summed E-state index contributed by atoms with van der Waals surface area (Å²) in [7, 11) is 0. The van der Waals surface area contributed by atoms with Gasteiger partial charge in [-0.1, -0.05) is 31.5 Å². The zero-order chi connectivity index (χ0) is 13.9. The monoisotopic (exact) mass is 255 g/mol. The molecule has 0 unspecified atom stereocenters. The molecular formula is C18H25N. The molecule has 0 spiro atoms. The Morgan fingerprint density at radius 1 is 1.21 bits per heavy atom. The molecule has 1 fully saturated rings. The van der Waals surface area contributed by atoms with Gasteiger partial charge in [-0.25, -0.2) is 0 Å². The standard InChI is InChI=1S/C18H25N/c1-4-16-8-10-18(13-19,11-9-16)12-17-14(2)6-5-7-15(17)3/h5-7,16H,4,8-12H2,1-3H3. The van der Waals surface area contributed by atoms with E-state index in [4.69, 9.17) is 0 Å². The smallest absolute Gasteiger partial charge is 0.0693 e. The number of hydrogen-bond donors (Lipinski definition) is 0. The van der Waals surface area contributed by atoms with Crippen LogP contribution in [0.4, 0.5) is 0 Å². The predicted octanol–water partition coefficient (Wildman–Crippen LogP) is 4.96. The Bertz CT molecular complexity index is 453. The molecule has 1 saturated carbocycles. The first kappa shape index (κ1) is 14.1. The lowest BCUT2D eigenvalue weighted by Gasteiger charge is -2.35. The molecule has 1 aliphatic rings. The summed E-state index contributed by atoms with van der Waals surface area (Å²) in [6, 6.07) is 9.12. The van der Waals surface area contributed by atoms with Crippen LogP contribution in [-0.4, -0.2) is 0 Å². The molecule has 1 aromatic carbocycles. The van der Waals surface area contributed by atoms with E-state index in [9.17, 15) is 5.26 Å². The van der Waals surface area contributed by atoms with Crippen molar-refractivity contribution in [3.8, 4) is 6.07 Å². The van der Waals surface area contributed by atoms with Crippen molar-refractivity contribution in [2.45, 2.75) is 59.3 Å². The minimum Gasteiger partial charge on any atom is -0.198 e. The van der Waals surface area contributed by atoms with Gasteiger partial charge in [0.1, 0.15) is 0 Å². The highest BCUT2D eigenvalue weighted by atomic mass is 14.4. The predicted molar refractivity (Wildman–Crippen MR) is 79.9 cm³/mol. The van der Waals surface area contributed by atoms with Gasteiger partial charge in [0.05, 0.1) is 11.5 Å². The highest BCUT2D eigenvalue weighted by Crippen LogP contribution is 2.42. The third-order valence-electron chi connectivity index (χ3n) is 5.04. The van der Waals surface area contributed by atoms with Crippen LogP contribution >= 0.6 is 0 Å². The Balaban J connectivity index is 2.19. The second kappa shape index (κ2) is 5.78. The molecule has 1 nitrogen and oxygen atoms in total. The Morgan fingerprint density at radius 3 is 2.26 bits per heavy atom.